The van der Waals surface area contributed by atoms with Gasteiger partial charge in [-0.2, -0.15) is 5.10 Å². The zero-order valence-electron chi connectivity index (χ0n) is 11.5. The van der Waals surface area contributed by atoms with Crippen molar-refractivity contribution in [2.24, 2.45) is 5.73 Å². The Bertz CT molecular complexity index is 509. The number of hydrogen-bond donors (Lipinski definition) is 1. The van der Waals surface area contributed by atoms with Gasteiger partial charge in [-0.15, -0.1) is 12.4 Å². The summed E-state index contributed by atoms with van der Waals surface area (Å²) in [5.74, 6) is 0. The Balaban J connectivity index is 0.00000147. The highest BCUT2D eigenvalue weighted by Crippen LogP contribution is 2.14. The fourth-order valence-electron chi connectivity index (χ4n) is 2.67. The van der Waals surface area contributed by atoms with E-state index in [-0.39, 0.29) is 12.4 Å². The first-order valence-electron chi connectivity index (χ1n) is 6.88. The van der Waals surface area contributed by atoms with Gasteiger partial charge in [0, 0.05) is 31.5 Å². The molecule has 0 spiro atoms. The SMILES string of the molecule is Cl.N[C@@H]1CCCN(Cc2ccc(-n3cccn3)cc2)C1. The largest absolute Gasteiger partial charge is 0.327 e. The molecular weight excluding hydrogens is 272 g/mol. The molecule has 0 unspecified atom stereocenters. The monoisotopic (exact) mass is 292 g/mol. The van der Waals surface area contributed by atoms with Crippen LogP contribution in [0.4, 0.5) is 0 Å². The van der Waals surface area contributed by atoms with Gasteiger partial charge < -0.3 is 5.73 Å². The van der Waals surface area contributed by atoms with Gasteiger partial charge in [-0.25, -0.2) is 4.68 Å². The molecule has 2 heterocycles. The zero-order chi connectivity index (χ0) is 13.1. The predicted molar refractivity (Wildman–Crippen MR) is 83.3 cm³/mol. The Morgan fingerprint density at radius 3 is 2.70 bits per heavy atom. The average molecular weight is 293 g/mol. The second-order valence-corrected chi connectivity index (χ2v) is 5.25. The van der Waals surface area contributed by atoms with E-state index in [2.05, 4.69) is 34.3 Å². The lowest BCUT2D eigenvalue weighted by Crippen LogP contribution is -2.42. The summed E-state index contributed by atoms with van der Waals surface area (Å²) >= 11 is 0. The Morgan fingerprint density at radius 1 is 1.25 bits per heavy atom. The molecule has 1 aliphatic rings. The number of nitrogens with zero attached hydrogens (tertiary/aromatic N) is 3. The molecule has 3 rings (SSSR count). The van der Waals surface area contributed by atoms with E-state index in [0.717, 1.165) is 31.7 Å². The summed E-state index contributed by atoms with van der Waals surface area (Å²) in [6.07, 6.45) is 6.13. The van der Waals surface area contributed by atoms with E-state index in [1.807, 2.05) is 16.9 Å². The van der Waals surface area contributed by atoms with Crippen LogP contribution in [0.25, 0.3) is 5.69 Å². The van der Waals surface area contributed by atoms with Gasteiger partial charge in [0.15, 0.2) is 0 Å². The van der Waals surface area contributed by atoms with Crippen LogP contribution in [0.15, 0.2) is 42.7 Å². The number of piperidine rings is 1. The third-order valence-electron chi connectivity index (χ3n) is 3.65. The van der Waals surface area contributed by atoms with Gasteiger partial charge in [0.1, 0.15) is 0 Å². The first-order valence-corrected chi connectivity index (χ1v) is 6.88. The van der Waals surface area contributed by atoms with Crippen LogP contribution >= 0.6 is 12.4 Å². The second-order valence-electron chi connectivity index (χ2n) is 5.25. The van der Waals surface area contributed by atoms with Crippen LogP contribution in [-0.4, -0.2) is 33.8 Å². The average Bonchev–Trinajstić information content (AvgIpc) is 2.94. The predicted octanol–water partition coefficient (Wildman–Crippen LogP) is 2.22. The van der Waals surface area contributed by atoms with Crippen molar-refractivity contribution in [3.63, 3.8) is 0 Å². The minimum Gasteiger partial charge on any atom is -0.327 e. The minimum absolute atomic E-state index is 0. The first-order chi connectivity index (χ1) is 9.31. The van der Waals surface area contributed by atoms with Gasteiger partial charge in [-0.1, -0.05) is 12.1 Å². The van der Waals surface area contributed by atoms with Crippen LogP contribution in [0.1, 0.15) is 18.4 Å². The topological polar surface area (TPSA) is 47.1 Å². The molecule has 0 aliphatic carbocycles. The molecular formula is C15H21ClN4. The van der Waals surface area contributed by atoms with Crippen molar-refractivity contribution in [2.75, 3.05) is 13.1 Å². The van der Waals surface area contributed by atoms with Crippen LogP contribution in [0.5, 0.6) is 0 Å². The molecule has 1 aromatic heterocycles. The fourth-order valence-corrected chi connectivity index (χ4v) is 2.67. The summed E-state index contributed by atoms with van der Waals surface area (Å²) in [7, 11) is 0. The fraction of sp³-hybridized carbons (Fsp3) is 0.400. The third-order valence-corrected chi connectivity index (χ3v) is 3.65. The van der Waals surface area contributed by atoms with E-state index in [1.165, 1.54) is 12.0 Å². The quantitative estimate of drug-likeness (QED) is 0.943. The molecule has 1 fully saturated rings. The van der Waals surface area contributed by atoms with E-state index in [1.54, 1.807) is 6.20 Å². The van der Waals surface area contributed by atoms with Gasteiger partial charge in [0.25, 0.3) is 0 Å². The highest BCUT2D eigenvalue weighted by atomic mass is 35.5. The van der Waals surface area contributed by atoms with Gasteiger partial charge in [0.05, 0.1) is 5.69 Å². The molecule has 0 saturated carbocycles. The number of rotatable bonds is 3. The lowest BCUT2D eigenvalue weighted by atomic mass is 10.1. The molecule has 1 saturated heterocycles. The minimum atomic E-state index is 0. The van der Waals surface area contributed by atoms with Crippen molar-refractivity contribution < 1.29 is 0 Å². The lowest BCUT2D eigenvalue weighted by molar-refractivity contribution is 0.201. The van der Waals surface area contributed by atoms with Crippen LogP contribution < -0.4 is 5.73 Å². The maximum absolute atomic E-state index is 6.01. The summed E-state index contributed by atoms with van der Waals surface area (Å²) in [5, 5.41) is 4.23. The molecule has 1 aliphatic heterocycles. The summed E-state index contributed by atoms with van der Waals surface area (Å²) < 4.78 is 1.88. The first kappa shape index (κ1) is 15.0. The molecule has 20 heavy (non-hydrogen) atoms. The maximum Gasteiger partial charge on any atom is 0.0645 e. The molecule has 2 N–H and O–H groups in total. The van der Waals surface area contributed by atoms with Crippen molar-refractivity contribution in [3.05, 3.63) is 48.3 Å². The summed E-state index contributed by atoms with van der Waals surface area (Å²) in [6, 6.07) is 10.9. The highest BCUT2D eigenvalue weighted by molar-refractivity contribution is 5.85. The van der Waals surface area contributed by atoms with Crippen LogP contribution in [0.3, 0.4) is 0 Å². The molecule has 0 radical (unpaired) electrons. The van der Waals surface area contributed by atoms with Gasteiger partial charge in [0.2, 0.25) is 0 Å². The molecule has 108 valence electrons. The number of benzene rings is 1. The third kappa shape index (κ3) is 3.60. The molecule has 1 atom stereocenters. The molecule has 4 nitrogen and oxygen atoms in total. The Labute approximate surface area is 126 Å². The number of likely N-dealkylation sites (tertiary alicyclic amines) is 1. The van der Waals surface area contributed by atoms with Crippen molar-refractivity contribution in [2.45, 2.75) is 25.4 Å². The number of hydrogen-bond acceptors (Lipinski definition) is 3. The summed E-state index contributed by atoms with van der Waals surface area (Å²) in [4.78, 5) is 2.44. The van der Waals surface area contributed by atoms with E-state index < -0.39 is 0 Å². The zero-order valence-corrected chi connectivity index (χ0v) is 12.3. The van der Waals surface area contributed by atoms with Crippen molar-refractivity contribution in [3.8, 4) is 5.69 Å². The normalized spacial score (nSPS) is 19.6. The van der Waals surface area contributed by atoms with Gasteiger partial charge in [-0.3, -0.25) is 4.90 Å². The molecule has 2 aromatic rings. The molecule has 0 amide bonds. The number of nitrogens with two attached hydrogens (primary N) is 1. The standard InChI is InChI=1S/C15H20N4.ClH/c16-14-3-1-9-18(12-14)11-13-4-6-15(7-5-13)19-10-2-8-17-19;/h2,4-8,10,14H,1,3,9,11-12,16H2;1H/t14-;/m1./s1. The van der Waals surface area contributed by atoms with Crippen molar-refractivity contribution >= 4 is 12.4 Å². The smallest absolute Gasteiger partial charge is 0.0645 e. The number of halogens is 1. The lowest BCUT2D eigenvalue weighted by Gasteiger charge is -2.30. The summed E-state index contributed by atoms with van der Waals surface area (Å²) in [6.45, 7) is 3.17. The number of aromatic nitrogens is 2. The maximum atomic E-state index is 6.01. The van der Waals surface area contributed by atoms with Crippen LogP contribution in [0.2, 0.25) is 0 Å². The van der Waals surface area contributed by atoms with Crippen molar-refractivity contribution in [1.82, 2.24) is 14.7 Å². The Kier molecular flexibility index (Phi) is 5.17. The van der Waals surface area contributed by atoms with E-state index in [4.69, 9.17) is 5.73 Å². The van der Waals surface area contributed by atoms with Crippen LogP contribution in [-0.2, 0) is 6.54 Å². The van der Waals surface area contributed by atoms with Gasteiger partial charge in [-0.05, 0) is 43.1 Å². The van der Waals surface area contributed by atoms with Crippen molar-refractivity contribution in [1.29, 1.82) is 0 Å². The Hall–Kier alpha value is -1.36. The van der Waals surface area contributed by atoms with E-state index in [9.17, 15) is 0 Å². The molecule has 0 bridgehead atoms. The summed E-state index contributed by atoms with van der Waals surface area (Å²) in [5.41, 5.74) is 8.45. The van der Waals surface area contributed by atoms with Gasteiger partial charge >= 0.3 is 0 Å². The highest BCUT2D eigenvalue weighted by Gasteiger charge is 2.16. The van der Waals surface area contributed by atoms with E-state index in [0.29, 0.717) is 6.04 Å². The second kappa shape index (κ2) is 6.88. The van der Waals surface area contributed by atoms with E-state index >= 15 is 0 Å². The molecule has 5 heteroatoms. The Morgan fingerprint density at radius 2 is 2.05 bits per heavy atom. The van der Waals surface area contributed by atoms with Crippen LogP contribution in [0, 0.1) is 0 Å². The molecule has 1 aromatic carbocycles.